The number of carbonyl (C=O) groups is 1. The van der Waals surface area contributed by atoms with Gasteiger partial charge in [0, 0.05) is 5.56 Å². The molecule has 37 heavy (non-hydrogen) atoms. The highest BCUT2D eigenvalue weighted by Gasteiger charge is 2.14. The van der Waals surface area contributed by atoms with E-state index in [0.29, 0.717) is 34.7 Å². The van der Waals surface area contributed by atoms with E-state index in [1.165, 1.54) is 17.4 Å². The van der Waals surface area contributed by atoms with Gasteiger partial charge in [-0.05, 0) is 60.5 Å². The first-order valence-electron chi connectivity index (χ1n) is 11.4. The fourth-order valence-corrected chi connectivity index (χ4v) is 4.16. The highest BCUT2D eigenvalue weighted by Crippen LogP contribution is 2.29. The number of ether oxygens (including phenoxy) is 3. The van der Waals surface area contributed by atoms with Gasteiger partial charge in [-0.15, -0.1) is 10.2 Å². The average molecular weight is 513 g/mol. The first-order valence-corrected chi connectivity index (χ1v) is 12.2. The van der Waals surface area contributed by atoms with Gasteiger partial charge in [0.25, 0.3) is 5.91 Å². The van der Waals surface area contributed by atoms with Gasteiger partial charge in [-0.2, -0.15) is 5.26 Å². The molecule has 186 valence electrons. The standard InChI is InChI=1S/C28H24N4O4S/c1-19-5-3-4-6-25(19)27-31-32-28(37-27)30-26(33)21(18-29)17-20-7-9-23(10-8-20)35-15-16-36-24-13-11-22(34-2)12-14-24/h3-14,17H,15-16H2,1-2H3,(H,30,32,33). The summed E-state index contributed by atoms with van der Waals surface area (Å²) in [5, 5.41) is 21.4. The third kappa shape index (κ3) is 6.93. The Hall–Kier alpha value is -4.68. The Morgan fingerprint density at radius 1 is 0.946 bits per heavy atom. The second-order valence-electron chi connectivity index (χ2n) is 7.79. The number of benzene rings is 3. The number of nitriles is 1. The summed E-state index contributed by atoms with van der Waals surface area (Å²) in [5.41, 5.74) is 2.65. The number of nitrogens with zero attached hydrogens (tertiary/aromatic N) is 3. The zero-order valence-electron chi connectivity index (χ0n) is 20.3. The van der Waals surface area contributed by atoms with Crippen LogP contribution in [0.5, 0.6) is 17.2 Å². The van der Waals surface area contributed by atoms with Crippen molar-refractivity contribution in [2.75, 3.05) is 25.6 Å². The van der Waals surface area contributed by atoms with E-state index >= 15 is 0 Å². The van der Waals surface area contributed by atoms with Gasteiger partial charge in [0.05, 0.1) is 7.11 Å². The van der Waals surface area contributed by atoms with Crippen LogP contribution in [0.2, 0.25) is 0 Å². The van der Waals surface area contributed by atoms with Crippen molar-refractivity contribution in [3.63, 3.8) is 0 Å². The van der Waals surface area contributed by atoms with Crippen molar-refractivity contribution in [1.29, 1.82) is 5.26 Å². The van der Waals surface area contributed by atoms with Crippen LogP contribution in [0, 0.1) is 18.3 Å². The fraction of sp³-hybridized carbons (Fsp3) is 0.143. The largest absolute Gasteiger partial charge is 0.497 e. The van der Waals surface area contributed by atoms with Crippen LogP contribution < -0.4 is 19.5 Å². The van der Waals surface area contributed by atoms with Gasteiger partial charge in [-0.25, -0.2) is 0 Å². The minimum Gasteiger partial charge on any atom is -0.497 e. The molecule has 1 aromatic heterocycles. The lowest BCUT2D eigenvalue weighted by molar-refractivity contribution is -0.112. The van der Waals surface area contributed by atoms with Crippen molar-refractivity contribution in [2.24, 2.45) is 0 Å². The molecule has 0 unspecified atom stereocenters. The number of nitrogens with one attached hydrogen (secondary N) is 1. The molecule has 4 rings (SSSR count). The van der Waals surface area contributed by atoms with Gasteiger partial charge in [0.2, 0.25) is 5.13 Å². The molecule has 3 aromatic carbocycles. The van der Waals surface area contributed by atoms with E-state index < -0.39 is 5.91 Å². The average Bonchev–Trinajstić information content (AvgIpc) is 3.39. The fourth-order valence-electron chi connectivity index (χ4n) is 3.33. The van der Waals surface area contributed by atoms with Crippen molar-refractivity contribution < 1.29 is 19.0 Å². The highest BCUT2D eigenvalue weighted by atomic mass is 32.1. The molecule has 0 aliphatic rings. The molecule has 0 aliphatic carbocycles. The number of amides is 1. The summed E-state index contributed by atoms with van der Waals surface area (Å²) in [4.78, 5) is 12.6. The molecular weight excluding hydrogens is 488 g/mol. The summed E-state index contributed by atoms with van der Waals surface area (Å²) in [6, 6.07) is 24.1. The molecule has 9 heteroatoms. The summed E-state index contributed by atoms with van der Waals surface area (Å²) < 4.78 is 16.5. The Labute approximate surface area is 218 Å². The van der Waals surface area contributed by atoms with Crippen LogP contribution in [0.3, 0.4) is 0 Å². The van der Waals surface area contributed by atoms with Crippen molar-refractivity contribution in [1.82, 2.24) is 10.2 Å². The van der Waals surface area contributed by atoms with Crippen LogP contribution in [0.25, 0.3) is 16.6 Å². The lowest BCUT2D eigenvalue weighted by Crippen LogP contribution is -2.13. The monoisotopic (exact) mass is 512 g/mol. The van der Waals surface area contributed by atoms with Crippen molar-refractivity contribution in [2.45, 2.75) is 6.92 Å². The quantitative estimate of drug-likeness (QED) is 0.169. The van der Waals surface area contributed by atoms with Gasteiger partial charge in [-0.1, -0.05) is 47.7 Å². The van der Waals surface area contributed by atoms with E-state index in [0.717, 1.165) is 22.6 Å². The van der Waals surface area contributed by atoms with E-state index in [-0.39, 0.29) is 5.57 Å². The second-order valence-corrected chi connectivity index (χ2v) is 8.77. The van der Waals surface area contributed by atoms with Gasteiger partial charge in [0.1, 0.15) is 47.1 Å². The number of rotatable bonds is 10. The Balaban J connectivity index is 1.30. The van der Waals surface area contributed by atoms with E-state index in [1.54, 1.807) is 31.4 Å². The SMILES string of the molecule is COc1ccc(OCCOc2ccc(C=C(C#N)C(=O)Nc3nnc(-c4ccccc4C)s3)cc2)cc1. The Morgan fingerprint density at radius 3 is 2.19 bits per heavy atom. The first-order chi connectivity index (χ1) is 18.1. The van der Waals surface area contributed by atoms with Crippen molar-refractivity contribution in [3.05, 3.63) is 89.5 Å². The Bertz CT molecular complexity index is 1420. The first kappa shape index (κ1) is 25.4. The molecule has 4 aromatic rings. The number of hydrogen-bond donors (Lipinski definition) is 1. The molecule has 0 atom stereocenters. The van der Waals surface area contributed by atoms with Crippen LogP contribution in [0.4, 0.5) is 5.13 Å². The molecule has 8 nitrogen and oxygen atoms in total. The molecule has 0 aliphatic heterocycles. The van der Waals surface area contributed by atoms with E-state index in [4.69, 9.17) is 14.2 Å². The van der Waals surface area contributed by atoms with Crippen LogP contribution >= 0.6 is 11.3 Å². The summed E-state index contributed by atoms with van der Waals surface area (Å²) in [6.07, 6.45) is 1.51. The molecule has 1 heterocycles. The van der Waals surface area contributed by atoms with Gasteiger partial charge in [0.15, 0.2) is 0 Å². The third-order valence-electron chi connectivity index (χ3n) is 5.26. The number of carbonyl (C=O) groups excluding carboxylic acids is 1. The maximum Gasteiger partial charge on any atom is 0.268 e. The van der Waals surface area contributed by atoms with Crippen LogP contribution in [0.15, 0.2) is 78.4 Å². The van der Waals surface area contributed by atoms with Gasteiger partial charge in [-0.3, -0.25) is 10.1 Å². The maximum absolute atomic E-state index is 12.6. The van der Waals surface area contributed by atoms with Crippen LogP contribution in [-0.2, 0) is 4.79 Å². The minimum atomic E-state index is -0.550. The molecule has 0 fully saturated rings. The molecule has 0 saturated heterocycles. The molecule has 1 N–H and O–H groups in total. The smallest absolute Gasteiger partial charge is 0.268 e. The van der Waals surface area contributed by atoms with E-state index in [2.05, 4.69) is 15.5 Å². The van der Waals surface area contributed by atoms with Crippen LogP contribution in [-0.4, -0.2) is 36.4 Å². The minimum absolute atomic E-state index is 0.0470. The summed E-state index contributed by atoms with van der Waals surface area (Å²) >= 11 is 1.25. The molecule has 0 saturated carbocycles. The predicted octanol–water partition coefficient (Wildman–Crippen LogP) is 5.53. The number of aromatic nitrogens is 2. The molecule has 0 radical (unpaired) electrons. The zero-order chi connectivity index (χ0) is 26.0. The third-order valence-corrected chi connectivity index (χ3v) is 6.13. The lowest BCUT2D eigenvalue weighted by Gasteiger charge is -2.09. The van der Waals surface area contributed by atoms with Gasteiger partial charge < -0.3 is 14.2 Å². The molecule has 0 spiro atoms. The number of anilines is 1. The number of aryl methyl sites for hydroxylation is 1. The number of hydrogen-bond acceptors (Lipinski definition) is 8. The van der Waals surface area contributed by atoms with E-state index in [1.807, 2.05) is 61.5 Å². The zero-order valence-corrected chi connectivity index (χ0v) is 21.1. The van der Waals surface area contributed by atoms with E-state index in [9.17, 15) is 10.1 Å². The van der Waals surface area contributed by atoms with Crippen molar-refractivity contribution in [3.8, 4) is 33.9 Å². The Kier molecular flexibility index (Phi) is 8.47. The van der Waals surface area contributed by atoms with Crippen molar-refractivity contribution >= 4 is 28.5 Å². The van der Waals surface area contributed by atoms with Crippen LogP contribution in [0.1, 0.15) is 11.1 Å². The van der Waals surface area contributed by atoms with Gasteiger partial charge >= 0.3 is 0 Å². The predicted molar refractivity (Wildman–Crippen MR) is 143 cm³/mol. The second kappa shape index (κ2) is 12.3. The maximum atomic E-state index is 12.6. The summed E-state index contributed by atoms with van der Waals surface area (Å²) in [7, 11) is 1.61. The number of methoxy groups -OCH3 is 1. The normalized spacial score (nSPS) is 10.9. The summed E-state index contributed by atoms with van der Waals surface area (Å²) in [6.45, 7) is 2.72. The topological polar surface area (TPSA) is 106 Å². The molecule has 0 bridgehead atoms. The highest BCUT2D eigenvalue weighted by molar-refractivity contribution is 7.18. The molecule has 1 amide bonds. The lowest BCUT2D eigenvalue weighted by atomic mass is 10.1. The summed E-state index contributed by atoms with van der Waals surface area (Å²) in [5.74, 6) is 1.59. The Morgan fingerprint density at radius 2 is 1.57 bits per heavy atom. The molecular formula is C28H24N4O4S.